The summed E-state index contributed by atoms with van der Waals surface area (Å²) in [5, 5.41) is 4.93. The van der Waals surface area contributed by atoms with E-state index in [-0.39, 0.29) is 6.04 Å². The lowest BCUT2D eigenvalue weighted by molar-refractivity contribution is 0.499. The number of aryl methyl sites for hydroxylation is 1. The van der Waals surface area contributed by atoms with E-state index >= 15 is 0 Å². The minimum absolute atomic E-state index is 0.00271. The van der Waals surface area contributed by atoms with Crippen LogP contribution in [0.3, 0.4) is 0 Å². The SMILES string of the molecule is CCCn1ncnc1CC(NN)c1ccc(Cl)cc1. The molecule has 0 saturated carbocycles. The van der Waals surface area contributed by atoms with Crippen molar-refractivity contribution in [3.05, 3.63) is 47.0 Å². The Kier molecular flexibility index (Phi) is 4.90. The van der Waals surface area contributed by atoms with Crippen LogP contribution >= 0.6 is 11.6 Å². The summed E-state index contributed by atoms with van der Waals surface area (Å²) in [6.45, 7) is 2.98. The van der Waals surface area contributed by atoms with Gasteiger partial charge in [-0.2, -0.15) is 5.10 Å². The van der Waals surface area contributed by atoms with Crippen LogP contribution in [0.25, 0.3) is 0 Å². The Labute approximate surface area is 117 Å². The molecular weight excluding hydrogens is 262 g/mol. The molecule has 19 heavy (non-hydrogen) atoms. The molecule has 6 heteroatoms. The second kappa shape index (κ2) is 6.65. The maximum atomic E-state index is 5.89. The van der Waals surface area contributed by atoms with Crippen LogP contribution in [0.1, 0.15) is 30.8 Å². The summed E-state index contributed by atoms with van der Waals surface area (Å²) in [4.78, 5) is 4.30. The van der Waals surface area contributed by atoms with Crippen LogP contribution in [0.4, 0.5) is 0 Å². The minimum atomic E-state index is -0.00271. The molecule has 1 atom stereocenters. The zero-order valence-electron chi connectivity index (χ0n) is 10.9. The van der Waals surface area contributed by atoms with Crippen molar-refractivity contribution in [2.45, 2.75) is 32.4 Å². The number of nitrogens with one attached hydrogen (secondary N) is 1. The summed E-state index contributed by atoms with van der Waals surface area (Å²) in [7, 11) is 0. The molecular formula is C13H18ClN5. The van der Waals surface area contributed by atoms with Gasteiger partial charge in [0.2, 0.25) is 0 Å². The van der Waals surface area contributed by atoms with Crippen molar-refractivity contribution >= 4 is 11.6 Å². The molecule has 1 aromatic carbocycles. The minimum Gasteiger partial charge on any atom is -0.271 e. The van der Waals surface area contributed by atoms with Crippen LogP contribution in [0.15, 0.2) is 30.6 Å². The van der Waals surface area contributed by atoms with Crippen molar-refractivity contribution in [3.63, 3.8) is 0 Å². The third-order valence-corrected chi connectivity index (χ3v) is 3.24. The highest BCUT2D eigenvalue weighted by Gasteiger charge is 2.14. The Balaban J connectivity index is 2.14. The average molecular weight is 280 g/mol. The molecule has 3 N–H and O–H groups in total. The molecule has 0 amide bonds. The van der Waals surface area contributed by atoms with Gasteiger partial charge in [-0.15, -0.1) is 0 Å². The number of nitrogens with two attached hydrogens (primary N) is 1. The summed E-state index contributed by atoms with van der Waals surface area (Å²) in [6, 6.07) is 7.65. The van der Waals surface area contributed by atoms with Crippen molar-refractivity contribution in [3.8, 4) is 0 Å². The van der Waals surface area contributed by atoms with Crippen LogP contribution in [-0.2, 0) is 13.0 Å². The van der Waals surface area contributed by atoms with E-state index in [1.165, 1.54) is 0 Å². The van der Waals surface area contributed by atoms with Gasteiger partial charge in [-0.1, -0.05) is 30.7 Å². The van der Waals surface area contributed by atoms with E-state index in [1.54, 1.807) is 6.33 Å². The van der Waals surface area contributed by atoms with Gasteiger partial charge in [-0.25, -0.2) is 4.98 Å². The summed E-state index contributed by atoms with van der Waals surface area (Å²) in [5.74, 6) is 6.57. The molecule has 0 spiro atoms. The summed E-state index contributed by atoms with van der Waals surface area (Å²) in [5.41, 5.74) is 3.90. The number of nitrogens with zero attached hydrogens (tertiary/aromatic N) is 3. The van der Waals surface area contributed by atoms with Gasteiger partial charge in [0, 0.05) is 18.0 Å². The quantitative estimate of drug-likeness (QED) is 0.628. The van der Waals surface area contributed by atoms with E-state index in [0.29, 0.717) is 11.4 Å². The molecule has 0 aliphatic carbocycles. The summed E-state index contributed by atoms with van der Waals surface area (Å²) < 4.78 is 1.92. The lowest BCUT2D eigenvalue weighted by atomic mass is 10.0. The smallest absolute Gasteiger partial charge is 0.138 e. The second-order valence-electron chi connectivity index (χ2n) is 4.37. The second-order valence-corrected chi connectivity index (χ2v) is 4.81. The third kappa shape index (κ3) is 3.53. The van der Waals surface area contributed by atoms with E-state index in [1.807, 2.05) is 28.9 Å². The molecule has 0 saturated heterocycles. The predicted molar refractivity (Wildman–Crippen MR) is 75.5 cm³/mol. The van der Waals surface area contributed by atoms with Crippen molar-refractivity contribution in [1.29, 1.82) is 0 Å². The standard InChI is InChI=1S/C13H18ClN5/c1-2-7-19-13(16-9-17-19)8-12(18-15)10-3-5-11(14)6-4-10/h3-6,9,12,18H,2,7-8,15H2,1H3. The molecule has 1 aromatic heterocycles. The molecule has 0 radical (unpaired) electrons. The van der Waals surface area contributed by atoms with E-state index in [9.17, 15) is 0 Å². The van der Waals surface area contributed by atoms with Gasteiger partial charge in [-0.3, -0.25) is 16.0 Å². The maximum absolute atomic E-state index is 5.89. The van der Waals surface area contributed by atoms with Crippen molar-refractivity contribution in [2.24, 2.45) is 5.84 Å². The van der Waals surface area contributed by atoms with Gasteiger partial charge >= 0.3 is 0 Å². The number of rotatable bonds is 6. The molecule has 102 valence electrons. The van der Waals surface area contributed by atoms with E-state index < -0.39 is 0 Å². The first-order valence-corrected chi connectivity index (χ1v) is 6.70. The Morgan fingerprint density at radius 1 is 1.37 bits per heavy atom. The van der Waals surface area contributed by atoms with Gasteiger partial charge in [0.25, 0.3) is 0 Å². The fourth-order valence-corrected chi connectivity index (χ4v) is 2.12. The van der Waals surface area contributed by atoms with Gasteiger partial charge in [-0.05, 0) is 24.1 Å². The first kappa shape index (κ1) is 14.0. The molecule has 2 aromatic rings. The number of halogens is 1. The highest BCUT2D eigenvalue weighted by Crippen LogP contribution is 2.19. The number of hydrazine groups is 1. The van der Waals surface area contributed by atoms with Gasteiger partial charge in [0.1, 0.15) is 12.2 Å². The Morgan fingerprint density at radius 2 is 2.11 bits per heavy atom. The Bertz CT molecular complexity index is 508. The van der Waals surface area contributed by atoms with Gasteiger partial charge in [0.15, 0.2) is 0 Å². The van der Waals surface area contributed by atoms with Crippen molar-refractivity contribution in [2.75, 3.05) is 0 Å². The molecule has 5 nitrogen and oxygen atoms in total. The molecule has 0 aliphatic rings. The lowest BCUT2D eigenvalue weighted by Gasteiger charge is -2.16. The van der Waals surface area contributed by atoms with E-state index in [2.05, 4.69) is 22.4 Å². The molecule has 0 aliphatic heterocycles. The zero-order valence-corrected chi connectivity index (χ0v) is 11.6. The fraction of sp³-hybridized carbons (Fsp3) is 0.385. The molecule has 1 unspecified atom stereocenters. The van der Waals surface area contributed by atoms with Gasteiger partial charge in [0.05, 0.1) is 6.04 Å². The fourth-order valence-electron chi connectivity index (χ4n) is 2.00. The first-order valence-electron chi connectivity index (χ1n) is 6.33. The van der Waals surface area contributed by atoms with Crippen LogP contribution in [0.2, 0.25) is 5.02 Å². The number of aromatic nitrogens is 3. The van der Waals surface area contributed by atoms with Crippen LogP contribution in [-0.4, -0.2) is 14.8 Å². The normalized spacial score (nSPS) is 12.6. The topological polar surface area (TPSA) is 68.8 Å². The molecule has 0 fully saturated rings. The lowest BCUT2D eigenvalue weighted by Crippen LogP contribution is -2.30. The Morgan fingerprint density at radius 3 is 2.74 bits per heavy atom. The zero-order chi connectivity index (χ0) is 13.7. The third-order valence-electron chi connectivity index (χ3n) is 2.99. The monoisotopic (exact) mass is 279 g/mol. The molecule has 0 bridgehead atoms. The summed E-state index contributed by atoms with van der Waals surface area (Å²) in [6.07, 6.45) is 3.30. The van der Waals surface area contributed by atoms with Crippen LogP contribution in [0.5, 0.6) is 0 Å². The highest BCUT2D eigenvalue weighted by atomic mass is 35.5. The number of hydrogen-bond donors (Lipinski definition) is 2. The molecule has 1 heterocycles. The number of hydrogen-bond acceptors (Lipinski definition) is 4. The van der Waals surface area contributed by atoms with Crippen LogP contribution < -0.4 is 11.3 Å². The van der Waals surface area contributed by atoms with E-state index in [4.69, 9.17) is 17.4 Å². The average Bonchev–Trinajstić information content (AvgIpc) is 2.85. The highest BCUT2D eigenvalue weighted by molar-refractivity contribution is 6.30. The van der Waals surface area contributed by atoms with Crippen molar-refractivity contribution in [1.82, 2.24) is 20.2 Å². The van der Waals surface area contributed by atoms with Gasteiger partial charge < -0.3 is 0 Å². The van der Waals surface area contributed by atoms with Crippen LogP contribution in [0, 0.1) is 0 Å². The maximum Gasteiger partial charge on any atom is 0.138 e. The summed E-state index contributed by atoms with van der Waals surface area (Å²) >= 11 is 5.89. The van der Waals surface area contributed by atoms with Crippen molar-refractivity contribution < 1.29 is 0 Å². The first-order chi connectivity index (χ1) is 9.24. The molecule has 2 rings (SSSR count). The Hall–Kier alpha value is -1.43. The predicted octanol–water partition coefficient (Wildman–Crippen LogP) is 2.09. The van der Waals surface area contributed by atoms with E-state index in [0.717, 1.165) is 24.4 Å². The number of benzene rings is 1. The largest absolute Gasteiger partial charge is 0.271 e.